The van der Waals surface area contributed by atoms with Crippen LogP contribution in [0.5, 0.6) is 5.75 Å². The van der Waals surface area contributed by atoms with Crippen molar-refractivity contribution in [1.82, 2.24) is 4.31 Å². The second-order valence-electron chi connectivity index (χ2n) is 7.25. The molecule has 2 amide bonds. The summed E-state index contributed by atoms with van der Waals surface area (Å²) in [5.41, 5.74) is 5.83. The van der Waals surface area contributed by atoms with Gasteiger partial charge in [-0.1, -0.05) is 42.5 Å². The second kappa shape index (κ2) is 8.01. The summed E-state index contributed by atoms with van der Waals surface area (Å²) in [5.74, 6) is -0.857. The predicted octanol–water partition coefficient (Wildman–Crippen LogP) is 1.74. The van der Waals surface area contributed by atoms with Gasteiger partial charge in [0.05, 0.1) is 23.7 Å². The Hall–Kier alpha value is -3.43. The van der Waals surface area contributed by atoms with E-state index in [4.69, 9.17) is 10.5 Å². The molecule has 8 nitrogen and oxygen atoms in total. The lowest BCUT2D eigenvalue weighted by atomic mass is 10.1. The molecule has 0 saturated heterocycles. The fourth-order valence-electron chi connectivity index (χ4n) is 3.49. The molecule has 0 saturated carbocycles. The van der Waals surface area contributed by atoms with Gasteiger partial charge in [-0.15, -0.1) is 0 Å². The maximum absolute atomic E-state index is 13.1. The van der Waals surface area contributed by atoms with Crippen LogP contribution in [0.4, 0.5) is 5.69 Å². The smallest absolute Gasteiger partial charge is 0.260 e. The quantitative estimate of drug-likeness (QED) is 0.651. The predicted molar refractivity (Wildman–Crippen MR) is 116 cm³/mol. The first-order chi connectivity index (χ1) is 14.8. The monoisotopic (exact) mass is 439 g/mol. The van der Waals surface area contributed by atoms with Gasteiger partial charge in [0.1, 0.15) is 5.75 Å². The van der Waals surface area contributed by atoms with Crippen molar-refractivity contribution in [2.45, 2.75) is 11.0 Å². The van der Waals surface area contributed by atoms with E-state index in [1.807, 2.05) is 24.3 Å². The largest absolute Gasteiger partial charge is 0.477 e. The summed E-state index contributed by atoms with van der Waals surface area (Å²) in [4.78, 5) is 26.1. The summed E-state index contributed by atoms with van der Waals surface area (Å²) in [6.07, 6.45) is -1.01. The van der Waals surface area contributed by atoms with Crippen molar-refractivity contribution in [2.75, 3.05) is 25.0 Å². The number of sulfonamides is 1. The third-order valence-electron chi connectivity index (χ3n) is 5.18. The minimum atomic E-state index is -3.91. The number of rotatable bonds is 5. The number of primary amides is 1. The lowest BCUT2D eigenvalue weighted by Gasteiger charge is -2.34. The van der Waals surface area contributed by atoms with Crippen LogP contribution in [0.15, 0.2) is 71.6 Å². The summed E-state index contributed by atoms with van der Waals surface area (Å²) < 4.78 is 32.7. The van der Waals surface area contributed by atoms with Gasteiger partial charge in [-0.3, -0.25) is 9.59 Å². The van der Waals surface area contributed by atoms with Crippen LogP contribution in [-0.2, 0) is 19.6 Å². The van der Waals surface area contributed by atoms with Crippen molar-refractivity contribution >= 4 is 38.3 Å². The lowest BCUT2D eigenvalue weighted by molar-refractivity contribution is -0.125. The molecule has 4 rings (SSSR count). The van der Waals surface area contributed by atoms with Crippen LogP contribution < -0.4 is 15.4 Å². The number of fused-ring (bicyclic) bond motifs is 2. The lowest BCUT2D eigenvalue weighted by Crippen LogP contribution is -2.51. The molecule has 1 atom stereocenters. The Kier molecular flexibility index (Phi) is 5.38. The van der Waals surface area contributed by atoms with Crippen molar-refractivity contribution in [1.29, 1.82) is 0 Å². The van der Waals surface area contributed by atoms with Crippen LogP contribution in [0.1, 0.15) is 0 Å². The van der Waals surface area contributed by atoms with Gasteiger partial charge >= 0.3 is 0 Å². The molecule has 0 fully saturated rings. The Labute approximate surface area is 179 Å². The summed E-state index contributed by atoms with van der Waals surface area (Å²) >= 11 is 0. The van der Waals surface area contributed by atoms with Gasteiger partial charge in [0, 0.05) is 7.05 Å². The fraction of sp³-hybridized carbons (Fsp3) is 0.182. The molecule has 1 aliphatic rings. The van der Waals surface area contributed by atoms with E-state index in [0.29, 0.717) is 11.4 Å². The first kappa shape index (κ1) is 20.8. The molecule has 0 bridgehead atoms. The molecule has 0 aromatic heterocycles. The number of carbonyl (C=O) groups excluding carboxylic acids is 2. The summed E-state index contributed by atoms with van der Waals surface area (Å²) in [5, 5.41) is 1.71. The van der Waals surface area contributed by atoms with Crippen LogP contribution in [0.3, 0.4) is 0 Å². The molecule has 0 radical (unpaired) electrons. The number of ether oxygens (including phenoxy) is 1. The van der Waals surface area contributed by atoms with Gasteiger partial charge in [-0.2, -0.15) is 4.31 Å². The molecular formula is C22H21N3O5S. The summed E-state index contributed by atoms with van der Waals surface area (Å²) in [6, 6.07) is 19.0. The highest BCUT2D eigenvalue weighted by Gasteiger charge is 2.34. The highest BCUT2D eigenvalue weighted by Crippen LogP contribution is 2.33. The number of carbonyl (C=O) groups is 2. The van der Waals surface area contributed by atoms with Crippen molar-refractivity contribution in [3.63, 3.8) is 0 Å². The highest BCUT2D eigenvalue weighted by atomic mass is 32.2. The highest BCUT2D eigenvalue weighted by molar-refractivity contribution is 7.89. The molecule has 0 spiro atoms. The first-order valence-electron chi connectivity index (χ1n) is 9.58. The first-order valence-corrected chi connectivity index (χ1v) is 11.0. The summed E-state index contributed by atoms with van der Waals surface area (Å²) in [6.45, 7) is -0.496. The molecule has 2 N–H and O–H groups in total. The molecule has 0 aliphatic carbocycles. The number of amides is 2. The normalized spacial score (nSPS) is 16.1. The zero-order valence-electron chi connectivity index (χ0n) is 16.8. The number of likely N-dealkylation sites (N-methyl/N-ethyl adjacent to an activating group) is 1. The van der Waals surface area contributed by atoms with Crippen LogP contribution >= 0.6 is 0 Å². The molecule has 9 heteroatoms. The number of nitrogens with two attached hydrogens (primary N) is 1. The SMILES string of the molecule is CN(CC(=O)N1C[C@H](C(N)=O)Oc2ccccc21)S(=O)(=O)c1ccc2ccccc2c1. The van der Waals surface area contributed by atoms with Gasteiger partial charge in [0.2, 0.25) is 15.9 Å². The van der Waals surface area contributed by atoms with Crippen molar-refractivity contribution in [3.8, 4) is 5.75 Å². The maximum atomic E-state index is 13.1. The Bertz CT molecular complexity index is 1270. The average Bonchev–Trinajstić information content (AvgIpc) is 2.77. The maximum Gasteiger partial charge on any atom is 0.260 e. The number of hydrogen-bond acceptors (Lipinski definition) is 5. The Morgan fingerprint density at radius 2 is 1.74 bits per heavy atom. The molecule has 1 heterocycles. The molecule has 0 unspecified atom stereocenters. The average molecular weight is 439 g/mol. The van der Waals surface area contributed by atoms with E-state index in [9.17, 15) is 18.0 Å². The topological polar surface area (TPSA) is 110 Å². The third-order valence-corrected chi connectivity index (χ3v) is 6.98. The third kappa shape index (κ3) is 3.97. The fourth-order valence-corrected chi connectivity index (χ4v) is 4.64. The second-order valence-corrected chi connectivity index (χ2v) is 9.30. The zero-order valence-corrected chi connectivity index (χ0v) is 17.6. The number of anilines is 1. The summed E-state index contributed by atoms with van der Waals surface area (Å²) in [7, 11) is -2.56. The molecule has 1 aliphatic heterocycles. The Balaban J connectivity index is 1.59. The molecule has 3 aromatic rings. The molecule has 160 valence electrons. The van der Waals surface area contributed by atoms with Crippen LogP contribution in [0, 0.1) is 0 Å². The van der Waals surface area contributed by atoms with E-state index in [1.54, 1.807) is 36.4 Å². The van der Waals surface area contributed by atoms with E-state index in [-0.39, 0.29) is 11.4 Å². The van der Waals surface area contributed by atoms with Crippen LogP contribution in [-0.4, -0.2) is 50.8 Å². The van der Waals surface area contributed by atoms with E-state index in [2.05, 4.69) is 0 Å². The van der Waals surface area contributed by atoms with Crippen molar-refractivity contribution in [2.24, 2.45) is 5.73 Å². The number of nitrogens with zero attached hydrogens (tertiary/aromatic N) is 2. The minimum Gasteiger partial charge on any atom is -0.477 e. The molecular weight excluding hydrogens is 418 g/mol. The van der Waals surface area contributed by atoms with Gasteiger partial charge in [0.25, 0.3) is 5.91 Å². The number of benzene rings is 3. The van der Waals surface area contributed by atoms with Gasteiger partial charge < -0.3 is 15.4 Å². The van der Waals surface area contributed by atoms with Crippen molar-refractivity contribution < 1.29 is 22.7 Å². The molecule has 31 heavy (non-hydrogen) atoms. The van der Waals surface area contributed by atoms with E-state index >= 15 is 0 Å². The minimum absolute atomic E-state index is 0.0883. The van der Waals surface area contributed by atoms with Crippen LogP contribution in [0.2, 0.25) is 0 Å². The van der Waals surface area contributed by atoms with E-state index < -0.39 is 34.5 Å². The van der Waals surface area contributed by atoms with Gasteiger partial charge in [-0.25, -0.2) is 8.42 Å². The number of para-hydroxylation sites is 2. The van der Waals surface area contributed by atoms with E-state index in [1.165, 1.54) is 18.0 Å². The van der Waals surface area contributed by atoms with Crippen LogP contribution in [0.25, 0.3) is 10.8 Å². The van der Waals surface area contributed by atoms with Gasteiger partial charge in [-0.05, 0) is 35.0 Å². The number of hydrogen-bond donors (Lipinski definition) is 1. The Morgan fingerprint density at radius 1 is 1.06 bits per heavy atom. The van der Waals surface area contributed by atoms with E-state index in [0.717, 1.165) is 15.1 Å². The zero-order chi connectivity index (χ0) is 22.2. The standard InChI is InChI=1S/C22H21N3O5S/c1-24(31(28,29)17-11-10-15-6-2-3-7-16(15)12-17)14-21(26)25-13-20(22(23)27)30-19-9-5-4-8-18(19)25/h2-12,20H,13-14H2,1H3,(H2,23,27)/t20-/m1/s1. The van der Waals surface area contributed by atoms with Crippen molar-refractivity contribution in [3.05, 3.63) is 66.7 Å². The molecule has 3 aromatic carbocycles. The van der Waals surface area contributed by atoms with Gasteiger partial charge in [0.15, 0.2) is 6.10 Å². The Morgan fingerprint density at radius 3 is 2.48 bits per heavy atom.